The molecule has 32 heteroatoms. The number of carboxylic acids is 2. The molecule has 15 rings (SSSR count). The number of carboxylic acid groups (broad SMARTS) is 2. The van der Waals surface area contributed by atoms with Gasteiger partial charge in [-0.05, 0) is 190 Å². The number of phenols is 2. The number of anilines is 2. The van der Waals surface area contributed by atoms with Gasteiger partial charge in [-0.15, -0.1) is 0 Å². The number of phenolic OH excluding ortho intramolecular Hbond substituents is 1. The number of ether oxygens (including phenoxy) is 3. The fourth-order valence-corrected chi connectivity index (χ4v) is 12.6. The lowest BCUT2D eigenvalue weighted by Gasteiger charge is -2.13. The second kappa shape index (κ2) is 52.4. The lowest BCUT2D eigenvalue weighted by molar-refractivity contribution is 0.0682. The fourth-order valence-electron chi connectivity index (χ4n) is 10.0. The summed E-state index contributed by atoms with van der Waals surface area (Å²) in [6.45, 7) is 18.9. The van der Waals surface area contributed by atoms with Crippen molar-refractivity contribution < 1.29 is 75.4 Å². The Morgan fingerprint density at radius 2 is 0.720 bits per heavy atom. The molecule has 0 spiro atoms. The Labute approximate surface area is 759 Å². The lowest BCUT2D eigenvalue weighted by Crippen LogP contribution is -2.13. The number of hydrogen-bond donors (Lipinski definition) is 6. The number of pyridine rings is 6. The van der Waals surface area contributed by atoms with Crippen LogP contribution in [-0.4, -0.2) is 118 Å². The number of aromatic carboxylic acids is 2. The van der Waals surface area contributed by atoms with Gasteiger partial charge in [-0.3, -0.25) is 34.3 Å². The molecule has 0 aliphatic rings. The first-order valence-electron chi connectivity index (χ1n) is 38.2. The van der Waals surface area contributed by atoms with Gasteiger partial charge in [0, 0.05) is 139 Å². The molecule has 7 N–H and O–H groups in total. The van der Waals surface area contributed by atoms with E-state index in [4.69, 9.17) is 35.3 Å². The minimum atomic E-state index is -3.49. The first-order chi connectivity index (χ1) is 59.8. The van der Waals surface area contributed by atoms with Crippen LogP contribution >= 0.6 is 63.7 Å². The monoisotopic (exact) mass is 1980 g/mol. The Morgan fingerprint density at radius 3 is 1.07 bits per heavy atom. The van der Waals surface area contributed by atoms with Crippen molar-refractivity contribution in [1.82, 2.24) is 38.7 Å². The molecule has 26 nitrogen and oxygen atoms in total. The van der Waals surface area contributed by atoms with Crippen LogP contribution in [0.15, 0.2) is 326 Å². The van der Waals surface area contributed by atoms with Gasteiger partial charge >= 0.3 is 11.9 Å². The predicted molar refractivity (Wildman–Crippen MR) is 503 cm³/mol. The molecular formula is C93H92Br4N10O16S2. The van der Waals surface area contributed by atoms with E-state index in [-0.39, 0.29) is 61.0 Å². The topological polar surface area (TPSA) is 386 Å². The lowest BCUT2D eigenvalue weighted by atomic mass is 10.1. The number of halogens is 4. The van der Waals surface area contributed by atoms with Gasteiger partial charge < -0.3 is 54.5 Å². The van der Waals surface area contributed by atoms with Crippen LogP contribution in [0.5, 0.6) is 46.0 Å². The molecule has 125 heavy (non-hydrogen) atoms. The number of fused-ring (bicyclic) bond motifs is 2. The van der Waals surface area contributed by atoms with Gasteiger partial charge in [0.2, 0.25) is 0 Å². The number of hydrogen-bond acceptors (Lipinski definition) is 21. The minimum absolute atomic E-state index is 0.00782. The highest BCUT2D eigenvalue weighted by Gasteiger charge is 2.21. The highest BCUT2D eigenvalue weighted by atomic mass is 79.9. The molecule has 0 radical (unpaired) electrons. The van der Waals surface area contributed by atoms with Gasteiger partial charge in [0.25, 0.3) is 5.91 Å². The van der Waals surface area contributed by atoms with Crippen molar-refractivity contribution in [2.45, 2.75) is 79.0 Å². The van der Waals surface area contributed by atoms with E-state index in [0.29, 0.717) is 44.3 Å². The standard InChI is InChI=1S/C26H20N4O4S.C13H10BrNO2.C13H11N3.C13H11NO5S.C8H7BrO2.C7H5BrO3.C5H4BrN.4C2H6/c1-35(32,33)21-9-10-22(24(16-21)34-20-11-13-27-14-12-20)26(31)28-19-7-5-18(6-8-19)23-17-30-15-3-2-4-25(30)29-23;1-9(16)12-3-2-10(14)8-13(12)17-11-4-6-15-7-5-11;14-11-6-4-10(5-7-11)12-9-16-8-2-1-3-13(16)15-12;1-20(17,18)10-2-3-11(13(15)16)12(8-10)19-9-4-6-14-7-5-9;1-5(10)7-3-2-6(9)4-8(7)11;8-4-1-2-5(7(10)11)6(9)3-4;6-5-1-3-7-4-2-5;4*1-2/h2-17H,1H3,(H,28,31);2-8H,1H3;1-9H,14H2;2-8H,1H3,(H,15,16);2-4,11H,1H3;1-3,9H,(H,10,11);1-4H;4*1-2H3. The van der Waals surface area contributed by atoms with Crippen LogP contribution in [0.4, 0.5) is 11.4 Å². The zero-order valence-electron chi connectivity index (χ0n) is 70.0. The van der Waals surface area contributed by atoms with Crippen LogP contribution < -0.4 is 25.3 Å². The third kappa shape index (κ3) is 33.6. The average Bonchev–Trinajstić information content (AvgIpc) is 1.80. The second-order valence-electron chi connectivity index (χ2n) is 24.4. The molecule has 0 atom stereocenters. The SMILES string of the molecule is Brc1ccncc1.CC.CC.CC.CC.CC(=O)c1ccc(Br)cc1O.CC(=O)c1ccc(Br)cc1Oc1ccncc1.CS(=O)(=O)c1ccc(C(=O)Nc2ccc(-c3cn4ccccc4n3)cc2)c(Oc2ccncc2)c1.CS(=O)(=O)c1ccc(C(=O)O)c(Oc2ccncc2)c1.Nc1ccc(-c2cn3ccccc3n2)cc1.O=C(O)c1ccc(Br)cc1O. The van der Waals surface area contributed by atoms with Crippen LogP contribution in [0.2, 0.25) is 0 Å². The van der Waals surface area contributed by atoms with Crippen molar-refractivity contribution in [3.8, 4) is 68.5 Å². The summed E-state index contributed by atoms with van der Waals surface area (Å²) < 4.78 is 71.3. The molecular weight excluding hydrogens is 1900 g/mol. The number of nitrogens with two attached hydrogens (primary N) is 1. The summed E-state index contributed by atoms with van der Waals surface area (Å²) in [5.41, 5.74) is 13.5. The van der Waals surface area contributed by atoms with Gasteiger partial charge in [-0.25, -0.2) is 36.4 Å². The van der Waals surface area contributed by atoms with E-state index in [1.807, 2.05) is 180 Å². The number of aromatic hydroxyl groups is 2. The molecule has 7 aromatic carbocycles. The van der Waals surface area contributed by atoms with E-state index in [1.165, 1.54) is 80.8 Å². The number of benzene rings is 7. The third-order valence-electron chi connectivity index (χ3n) is 15.7. The number of sulfone groups is 2. The fraction of sp³-hybridized carbons (Fsp3) is 0.129. The molecule has 1 amide bonds. The van der Waals surface area contributed by atoms with Gasteiger partial charge in [0.15, 0.2) is 31.2 Å². The van der Waals surface area contributed by atoms with Crippen molar-refractivity contribution in [3.05, 3.63) is 345 Å². The van der Waals surface area contributed by atoms with Crippen molar-refractivity contribution in [2.24, 2.45) is 0 Å². The Kier molecular flexibility index (Phi) is 42.9. The number of carbonyl (C=O) groups excluding carboxylic acids is 3. The van der Waals surface area contributed by atoms with Crippen LogP contribution in [0.3, 0.4) is 0 Å². The molecule has 0 unspecified atom stereocenters. The first-order valence-corrected chi connectivity index (χ1v) is 45.2. The molecule has 0 fully saturated rings. The molecule has 15 aromatic rings. The minimum Gasteiger partial charge on any atom is -0.507 e. The van der Waals surface area contributed by atoms with E-state index in [0.717, 1.165) is 65.4 Å². The van der Waals surface area contributed by atoms with E-state index >= 15 is 0 Å². The smallest absolute Gasteiger partial charge is 0.339 e. The number of ketones is 2. The molecule has 650 valence electrons. The number of Topliss-reactive ketones (excluding diaryl/α,β-unsaturated/α-hetero) is 2. The van der Waals surface area contributed by atoms with E-state index in [2.05, 4.69) is 98.9 Å². The Hall–Kier alpha value is -13.1. The number of imidazole rings is 2. The maximum Gasteiger partial charge on any atom is 0.339 e. The number of amides is 1. The van der Waals surface area contributed by atoms with Gasteiger partial charge in [-0.2, -0.15) is 0 Å². The largest absolute Gasteiger partial charge is 0.507 e. The van der Waals surface area contributed by atoms with E-state index in [1.54, 1.807) is 116 Å². The third-order valence-corrected chi connectivity index (χ3v) is 20.0. The highest BCUT2D eigenvalue weighted by Crippen LogP contribution is 2.34. The average molecular weight is 1990 g/mol. The Balaban J connectivity index is 0.000000269. The number of nitrogens with zero attached hydrogens (tertiary/aromatic N) is 8. The summed E-state index contributed by atoms with van der Waals surface area (Å²) in [6, 6.07) is 62.5. The van der Waals surface area contributed by atoms with Crippen molar-refractivity contribution in [2.75, 3.05) is 23.6 Å². The maximum atomic E-state index is 13.1. The van der Waals surface area contributed by atoms with E-state index in [9.17, 15) is 45.9 Å². The first kappa shape index (κ1) is 102. The molecule has 0 aliphatic carbocycles. The quantitative estimate of drug-likeness (QED) is 0.0386. The number of nitrogen functional groups attached to an aromatic ring is 1. The van der Waals surface area contributed by atoms with Crippen LogP contribution in [0.25, 0.3) is 33.8 Å². The second-order valence-corrected chi connectivity index (χ2v) is 32.1. The normalized spacial score (nSPS) is 10.0. The molecule has 0 bridgehead atoms. The number of aromatic nitrogens is 8. The zero-order chi connectivity index (χ0) is 92.3. The van der Waals surface area contributed by atoms with Crippen LogP contribution in [-0.2, 0) is 19.7 Å². The molecule has 8 heterocycles. The maximum absolute atomic E-state index is 13.1. The van der Waals surface area contributed by atoms with Crippen molar-refractivity contribution >= 4 is 135 Å². The summed E-state index contributed by atoms with van der Waals surface area (Å²) in [6.07, 6.45) is 22.8. The summed E-state index contributed by atoms with van der Waals surface area (Å²) in [4.78, 5) is 81.5. The Bertz CT molecular complexity index is 6100. The summed E-state index contributed by atoms with van der Waals surface area (Å²) in [5, 5.41) is 38.7. The van der Waals surface area contributed by atoms with Gasteiger partial charge in [0.1, 0.15) is 68.4 Å². The predicted octanol–water partition coefficient (Wildman–Crippen LogP) is 23.4. The molecule has 0 saturated heterocycles. The summed E-state index contributed by atoms with van der Waals surface area (Å²) in [7, 11) is -6.94. The highest BCUT2D eigenvalue weighted by molar-refractivity contribution is 9.11. The Morgan fingerprint density at radius 1 is 0.384 bits per heavy atom. The van der Waals surface area contributed by atoms with Gasteiger partial charge in [-0.1, -0.05) is 156 Å². The number of nitrogens with one attached hydrogen (secondary N) is 1. The van der Waals surface area contributed by atoms with Gasteiger partial charge in [0.05, 0.1) is 37.9 Å². The molecule has 0 saturated carbocycles. The van der Waals surface area contributed by atoms with Crippen molar-refractivity contribution in [3.63, 3.8) is 0 Å². The molecule has 8 aromatic heterocycles. The zero-order valence-corrected chi connectivity index (χ0v) is 77.9. The number of carbonyl (C=O) groups is 5. The van der Waals surface area contributed by atoms with Crippen LogP contribution in [0, 0.1) is 0 Å². The molecule has 0 aliphatic heterocycles. The van der Waals surface area contributed by atoms with E-state index < -0.39 is 37.5 Å². The summed E-state index contributed by atoms with van der Waals surface area (Å²) >= 11 is 12.9. The summed E-state index contributed by atoms with van der Waals surface area (Å²) in [5.74, 6) is -1.05. The van der Waals surface area contributed by atoms with Crippen LogP contribution in [0.1, 0.15) is 121 Å². The van der Waals surface area contributed by atoms with Crippen molar-refractivity contribution in [1.29, 1.82) is 0 Å². The number of rotatable bonds is 16.